The van der Waals surface area contributed by atoms with Crippen molar-refractivity contribution >= 4 is 17.5 Å². The number of hydrogen-bond acceptors (Lipinski definition) is 7. The van der Waals surface area contributed by atoms with E-state index in [-0.39, 0.29) is 30.0 Å². The summed E-state index contributed by atoms with van der Waals surface area (Å²) in [6.07, 6.45) is 5.05. The summed E-state index contributed by atoms with van der Waals surface area (Å²) in [5.74, 6) is 0.111. The summed E-state index contributed by atoms with van der Waals surface area (Å²) in [5.41, 5.74) is 3.91. The van der Waals surface area contributed by atoms with Crippen LogP contribution in [-0.4, -0.2) is 40.7 Å². The Balaban J connectivity index is 1.37. The SMILES string of the molecule is Cc1cc(F)c(NC(=O)Nc2cc(C(C)C)nn2-c2cccc(CO)c2)cc1Oc1nccc(-c2cnn(C)c2)n1. The predicted octanol–water partition coefficient (Wildman–Crippen LogP) is 5.56. The zero-order valence-electron chi connectivity index (χ0n) is 23.0. The maximum atomic E-state index is 14.9. The molecule has 12 heteroatoms. The monoisotopic (exact) mass is 556 g/mol. The molecule has 0 fully saturated rings. The number of aryl methyl sites for hydroxylation is 2. The lowest BCUT2D eigenvalue weighted by Crippen LogP contribution is -2.22. The Hall–Kier alpha value is -5.10. The third-order valence-electron chi connectivity index (χ3n) is 6.25. The van der Waals surface area contributed by atoms with Gasteiger partial charge >= 0.3 is 12.0 Å². The molecule has 5 rings (SSSR count). The van der Waals surface area contributed by atoms with Gasteiger partial charge < -0.3 is 15.2 Å². The minimum absolute atomic E-state index is 0.0617. The van der Waals surface area contributed by atoms with Gasteiger partial charge in [0.2, 0.25) is 0 Å². The highest BCUT2D eigenvalue weighted by molar-refractivity contribution is 5.99. The van der Waals surface area contributed by atoms with Crippen molar-refractivity contribution in [3.63, 3.8) is 0 Å². The van der Waals surface area contributed by atoms with E-state index in [9.17, 15) is 14.3 Å². The summed E-state index contributed by atoms with van der Waals surface area (Å²) in [7, 11) is 1.81. The summed E-state index contributed by atoms with van der Waals surface area (Å²) >= 11 is 0. The van der Waals surface area contributed by atoms with Crippen LogP contribution in [0.5, 0.6) is 11.8 Å². The number of amides is 2. The van der Waals surface area contributed by atoms with Crippen LogP contribution in [0.1, 0.15) is 36.6 Å². The molecule has 41 heavy (non-hydrogen) atoms. The average Bonchev–Trinajstić information content (AvgIpc) is 3.58. The molecule has 3 heterocycles. The van der Waals surface area contributed by atoms with Gasteiger partial charge in [-0.1, -0.05) is 26.0 Å². The Morgan fingerprint density at radius 2 is 1.98 bits per heavy atom. The van der Waals surface area contributed by atoms with Gasteiger partial charge in [0.15, 0.2) is 0 Å². The Labute approximate surface area is 235 Å². The first-order chi connectivity index (χ1) is 19.7. The number of nitrogens with one attached hydrogen (secondary N) is 2. The summed E-state index contributed by atoms with van der Waals surface area (Å²) in [6, 6.07) is 12.7. The van der Waals surface area contributed by atoms with E-state index >= 15 is 0 Å². The Morgan fingerprint density at radius 3 is 2.71 bits per heavy atom. The van der Waals surface area contributed by atoms with E-state index in [2.05, 4.69) is 30.8 Å². The van der Waals surface area contributed by atoms with E-state index in [1.54, 1.807) is 66.1 Å². The van der Waals surface area contributed by atoms with Crippen molar-refractivity contribution in [2.45, 2.75) is 33.3 Å². The molecule has 0 atom stereocenters. The van der Waals surface area contributed by atoms with Gasteiger partial charge in [-0.15, -0.1) is 0 Å². The van der Waals surface area contributed by atoms with E-state index in [0.717, 1.165) is 11.3 Å². The van der Waals surface area contributed by atoms with Gasteiger partial charge in [0, 0.05) is 37.1 Å². The number of urea groups is 1. The van der Waals surface area contributed by atoms with Crippen LogP contribution < -0.4 is 15.4 Å². The van der Waals surface area contributed by atoms with E-state index < -0.39 is 11.8 Å². The standard InChI is InChI=1S/C29H29FN8O3/c1-17(2)24-13-27(38(36-24)21-7-5-6-19(11-21)16-39)35-28(40)33-25-12-26(18(3)10-22(25)30)41-29-31-9-8-23(34-29)20-14-32-37(4)15-20/h5-15,17,39H,16H2,1-4H3,(H2,33,35,40). The van der Waals surface area contributed by atoms with Crippen molar-refractivity contribution in [2.75, 3.05) is 10.6 Å². The highest BCUT2D eigenvalue weighted by Crippen LogP contribution is 2.30. The molecular weight excluding hydrogens is 527 g/mol. The summed E-state index contributed by atoms with van der Waals surface area (Å²) in [6.45, 7) is 5.52. The maximum absolute atomic E-state index is 14.9. The number of hydrogen-bond donors (Lipinski definition) is 3. The molecule has 0 aliphatic carbocycles. The number of aliphatic hydroxyl groups is 1. The van der Waals surface area contributed by atoms with Gasteiger partial charge in [0.05, 0.1) is 35.6 Å². The third-order valence-corrected chi connectivity index (χ3v) is 6.25. The number of aliphatic hydroxyl groups excluding tert-OH is 1. The smallest absolute Gasteiger partial charge is 0.324 e. The third kappa shape index (κ3) is 6.23. The largest absolute Gasteiger partial charge is 0.424 e. The van der Waals surface area contributed by atoms with Crippen LogP contribution in [0.25, 0.3) is 16.9 Å². The first-order valence-electron chi connectivity index (χ1n) is 12.9. The lowest BCUT2D eigenvalue weighted by Gasteiger charge is -2.13. The molecule has 0 saturated heterocycles. The van der Waals surface area contributed by atoms with Crippen molar-refractivity contribution in [1.29, 1.82) is 0 Å². The topological polar surface area (TPSA) is 132 Å². The fourth-order valence-electron chi connectivity index (χ4n) is 4.09. The molecule has 2 aromatic carbocycles. The van der Waals surface area contributed by atoms with Crippen molar-refractivity contribution in [3.05, 3.63) is 89.8 Å². The van der Waals surface area contributed by atoms with Crippen molar-refractivity contribution in [1.82, 2.24) is 29.5 Å². The van der Waals surface area contributed by atoms with E-state index in [4.69, 9.17) is 4.74 Å². The number of ether oxygens (including phenoxy) is 1. The minimum Gasteiger partial charge on any atom is -0.424 e. The van der Waals surface area contributed by atoms with Crippen molar-refractivity contribution < 1.29 is 19.0 Å². The number of halogens is 1. The van der Waals surface area contributed by atoms with Crippen LogP contribution >= 0.6 is 0 Å². The zero-order chi connectivity index (χ0) is 29.1. The van der Waals surface area contributed by atoms with Crippen LogP contribution in [0.2, 0.25) is 0 Å². The second-order valence-corrected chi connectivity index (χ2v) is 9.75. The summed E-state index contributed by atoms with van der Waals surface area (Å²) < 4.78 is 24.0. The Kier molecular flexibility index (Phi) is 7.74. The Morgan fingerprint density at radius 1 is 1.15 bits per heavy atom. The zero-order valence-corrected chi connectivity index (χ0v) is 23.0. The quantitative estimate of drug-likeness (QED) is 0.228. The second-order valence-electron chi connectivity index (χ2n) is 9.75. The normalized spacial score (nSPS) is 11.1. The van der Waals surface area contributed by atoms with Gasteiger partial charge in [-0.25, -0.2) is 18.9 Å². The molecule has 5 aromatic rings. The second kappa shape index (κ2) is 11.6. The number of anilines is 2. The summed E-state index contributed by atoms with van der Waals surface area (Å²) in [5, 5.41) is 23.6. The Bertz CT molecular complexity index is 1710. The molecule has 3 N–H and O–H groups in total. The van der Waals surface area contributed by atoms with Gasteiger partial charge in [-0.05, 0) is 48.2 Å². The molecule has 210 valence electrons. The molecule has 0 unspecified atom stereocenters. The van der Waals surface area contributed by atoms with Gasteiger partial charge in [0.1, 0.15) is 17.4 Å². The molecule has 0 spiro atoms. The molecule has 0 aliphatic rings. The van der Waals surface area contributed by atoms with Crippen LogP contribution in [0.15, 0.2) is 67.1 Å². The number of aromatic nitrogens is 6. The maximum Gasteiger partial charge on any atom is 0.324 e. The van der Waals surface area contributed by atoms with Crippen molar-refractivity contribution in [3.8, 4) is 28.7 Å². The molecule has 0 radical (unpaired) electrons. The molecular formula is C29H29FN8O3. The van der Waals surface area contributed by atoms with Gasteiger partial charge in [-0.3, -0.25) is 10.00 Å². The predicted molar refractivity (Wildman–Crippen MR) is 152 cm³/mol. The number of carbonyl (C=O) groups is 1. The molecule has 0 bridgehead atoms. The fraction of sp³-hybridized carbons (Fsp3) is 0.207. The highest BCUT2D eigenvalue weighted by atomic mass is 19.1. The summed E-state index contributed by atoms with van der Waals surface area (Å²) in [4.78, 5) is 21.6. The number of nitrogens with zero attached hydrogens (tertiary/aromatic N) is 6. The highest BCUT2D eigenvalue weighted by Gasteiger charge is 2.17. The number of benzene rings is 2. The number of rotatable bonds is 8. The molecule has 11 nitrogen and oxygen atoms in total. The molecule has 0 aliphatic heterocycles. The first-order valence-corrected chi connectivity index (χ1v) is 12.9. The molecule has 3 aromatic heterocycles. The van der Waals surface area contributed by atoms with Gasteiger partial charge in [-0.2, -0.15) is 15.2 Å². The van der Waals surface area contributed by atoms with E-state index in [0.29, 0.717) is 28.3 Å². The van der Waals surface area contributed by atoms with Crippen LogP contribution in [-0.2, 0) is 13.7 Å². The van der Waals surface area contributed by atoms with Crippen LogP contribution in [0.3, 0.4) is 0 Å². The van der Waals surface area contributed by atoms with Crippen molar-refractivity contribution in [2.24, 2.45) is 7.05 Å². The number of carbonyl (C=O) groups excluding carboxylic acids is 1. The van der Waals surface area contributed by atoms with E-state index in [1.807, 2.05) is 26.1 Å². The first kappa shape index (κ1) is 27.5. The van der Waals surface area contributed by atoms with Crippen LogP contribution in [0.4, 0.5) is 20.7 Å². The lowest BCUT2D eigenvalue weighted by molar-refractivity contribution is 0.262. The van der Waals surface area contributed by atoms with E-state index in [1.165, 1.54) is 12.1 Å². The minimum atomic E-state index is -0.678. The average molecular weight is 557 g/mol. The lowest BCUT2D eigenvalue weighted by atomic mass is 10.1. The van der Waals surface area contributed by atoms with Crippen LogP contribution in [0, 0.1) is 12.7 Å². The molecule has 2 amide bonds. The van der Waals surface area contributed by atoms with Gasteiger partial charge in [0.25, 0.3) is 0 Å². The molecule has 0 saturated carbocycles. The fourth-order valence-corrected chi connectivity index (χ4v) is 4.09.